The Morgan fingerprint density at radius 2 is 1.88 bits per heavy atom. The Bertz CT molecular complexity index is 1510. The van der Waals surface area contributed by atoms with Crippen molar-refractivity contribution in [3.63, 3.8) is 0 Å². The smallest absolute Gasteiger partial charge is 0.306 e. The molecule has 5 rings (SSSR count). The summed E-state index contributed by atoms with van der Waals surface area (Å²) < 4.78 is 1.93. The molecular formula is C24H19N7O2S. The van der Waals surface area contributed by atoms with E-state index in [1.807, 2.05) is 41.8 Å². The van der Waals surface area contributed by atoms with E-state index in [-0.39, 0.29) is 12.2 Å². The van der Waals surface area contributed by atoms with Gasteiger partial charge in [0.1, 0.15) is 22.9 Å². The molecule has 0 bridgehead atoms. The zero-order valence-electron chi connectivity index (χ0n) is 18.6. The van der Waals surface area contributed by atoms with E-state index in [0.717, 1.165) is 37.8 Å². The molecule has 1 aliphatic heterocycles. The normalized spacial score (nSPS) is 14.5. The number of fused-ring (bicyclic) bond motifs is 3. The number of aliphatic carboxylic acids is 1. The first-order valence-corrected chi connectivity index (χ1v) is 11.3. The second kappa shape index (κ2) is 8.28. The van der Waals surface area contributed by atoms with Crippen molar-refractivity contribution in [3.8, 4) is 22.3 Å². The molecule has 3 aromatic heterocycles. The van der Waals surface area contributed by atoms with Gasteiger partial charge in [-0.05, 0) is 32.4 Å². The van der Waals surface area contributed by atoms with Crippen LogP contribution in [0.2, 0.25) is 0 Å². The number of rotatable bonds is 4. The molecule has 1 N–H and O–H groups in total. The minimum absolute atomic E-state index is 0.110. The van der Waals surface area contributed by atoms with Gasteiger partial charge >= 0.3 is 5.97 Å². The number of thiophene rings is 1. The van der Waals surface area contributed by atoms with Crippen LogP contribution in [0.5, 0.6) is 0 Å². The number of carboxylic acids is 1. The van der Waals surface area contributed by atoms with Gasteiger partial charge < -0.3 is 5.11 Å². The average Bonchev–Trinajstić information content (AvgIpc) is 3.31. The van der Waals surface area contributed by atoms with Crippen LogP contribution in [0.3, 0.4) is 0 Å². The standard InChI is InChI=1S/C24H19N7O2S/c1-12-13(2)34-24-21(12)22(28-18(10-20(32)33)23-30-29-14(3)31(23)24)16-6-4-15(5-7-16)17-8-9-26-19(11-25)27-17/h4-9,18H,10H2,1-3H3,(H,32,33)/t18-/m0/s1. The molecule has 4 aromatic rings. The summed E-state index contributed by atoms with van der Waals surface area (Å²) in [4.78, 5) is 25.9. The molecule has 10 heteroatoms. The molecule has 0 saturated carbocycles. The molecule has 0 amide bonds. The van der Waals surface area contributed by atoms with Crippen molar-refractivity contribution in [2.75, 3.05) is 0 Å². The summed E-state index contributed by atoms with van der Waals surface area (Å²) in [6, 6.07) is 10.7. The monoisotopic (exact) mass is 469 g/mol. The van der Waals surface area contributed by atoms with Crippen LogP contribution < -0.4 is 0 Å². The first-order valence-electron chi connectivity index (χ1n) is 10.5. The van der Waals surface area contributed by atoms with E-state index in [0.29, 0.717) is 17.3 Å². The Morgan fingerprint density at radius 1 is 1.15 bits per heavy atom. The lowest BCUT2D eigenvalue weighted by atomic mass is 9.98. The van der Waals surface area contributed by atoms with Crippen LogP contribution in [0.4, 0.5) is 0 Å². The van der Waals surface area contributed by atoms with Crippen molar-refractivity contribution in [1.82, 2.24) is 24.7 Å². The van der Waals surface area contributed by atoms with Crippen molar-refractivity contribution in [3.05, 3.63) is 75.6 Å². The van der Waals surface area contributed by atoms with Crippen LogP contribution in [0.15, 0.2) is 41.5 Å². The molecule has 0 fully saturated rings. The average molecular weight is 470 g/mol. The van der Waals surface area contributed by atoms with Gasteiger partial charge in [-0.1, -0.05) is 24.3 Å². The van der Waals surface area contributed by atoms with Crippen molar-refractivity contribution in [2.24, 2.45) is 4.99 Å². The number of carbonyl (C=O) groups is 1. The molecule has 0 saturated heterocycles. The highest BCUT2D eigenvalue weighted by Gasteiger charge is 2.32. The van der Waals surface area contributed by atoms with Crippen LogP contribution in [-0.2, 0) is 4.79 Å². The fourth-order valence-corrected chi connectivity index (χ4v) is 5.28. The van der Waals surface area contributed by atoms with Crippen LogP contribution in [0.1, 0.15) is 51.5 Å². The Morgan fingerprint density at radius 3 is 2.59 bits per heavy atom. The number of nitriles is 1. The first-order chi connectivity index (χ1) is 16.4. The third-order valence-electron chi connectivity index (χ3n) is 5.82. The lowest BCUT2D eigenvalue weighted by molar-refractivity contribution is -0.137. The maximum atomic E-state index is 11.7. The van der Waals surface area contributed by atoms with Gasteiger partial charge in [-0.2, -0.15) is 5.26 Å². The van der Waals surface area contributed by atoms with Gasteiger partial charge in [0.25, 0.3) is 0 Å². The van der Waals surface area contributed by atoms with Crippen LogP contribution in [-0.4, -0.2) is 41.5 Å². The summed E-state index contributed by atoms with van der Waals surface area (Å²) in [5, 5.41) is 28.1. The van der Waals surface area contributed by atoms with Gasteiger partial charge in [-0.25, -0.2) is 9.97 Å². The molecule has 0 aliphatic carbocycles. The molecule has 168 valence electrons. The summed E-state index contributed by atoms with van der Waals surface area (Å²) in [7, 11) is 0. The highest BCUT2D eigenvalue weighted by atomic mass is 32.1. The predicted molar refractivity (Wildman–Crippen MR) is 126 cm³/mol. The largest absolute Gasteiger partial charge is 0.481 e. The van der Waals surface area contributed by atoms with E-state index in [1.165, 1.54) is 0 Å². The fraction of sp³-hybridized carbons (Fsp3) is 0.208. The van der Waals surface area contributed by atoms with Gasteiger partial charge in [0.15, 0.2) is 5.82 Å². The van der Waals surface area contributed by atoms with Gasteiger partial charge in [0, 0.05) is 27.8 Å². The molecule has 1 aromatic carbocycles. The number of aryl methyl sites for hydroxylation is 2. The Balaban J connectivity index is 1.67. The minimum atomic E-state index is -0.953. The molecular weight excluding hydrogens is 450 g/mol. The van der Waals surface area contributed by atoms with E-state index in [2.05, 4.69) is 34.0 Å². The molecule has 0 spiro atoms. The third-order valence-corrected chi connectivity index (χ3v) is 7.01. The molecule has 0 radical (unpaired) electrons. The summed E-state index contributed by atoms with van der Waals surface area (Å²) in [6.07, 6.45) is 1.37. The van der Waals surface area contributed by atoms with Crippen molar-refractivity contribution in [1.29, 1.82) is 5.26 Å². The van der Waals surface area contributed by atoms with Crippen LogP contribution in [0, 0.1) is 32.1 Å². The predicted octanol–water partition coefficient (Wildman–Crippen LogP) is 3.95. The van der Waals surface area contributed by atoms with Gasteiger partial charge in [-0.3, -0.25) is 14.4 Å². The maximum Gasteiger partial charge on any atom is 0.306 e. The minimum Gasteiger partial charge on any atom is -0.481 e. The molecule has 0 unspecified atom stereocenters. The van der Waals surface area contributed by atoms with E-state index in [9.17, 15) is 9.90 Å². The highest BCUT2D eigenvalue weighted by Crippen LogP contribution is 2.39. The molecule has 34 heavy (non-hydrogen) atoms. The number of nitrogens with zero attached hydrogens (tertiary/aromatic N) is 7. The van der Waals surface area contributed by atoms with Gasteiger partial charge in [0.05, 0.1) is 17.8 Å². The third kappa shape index (κ3) is 3.56. The van der Waals surface area contributed by atoms with Gasteiger partial charge in [0.2, 0.25) is 5.82 Å². The van der Waals surface area contributed by atoms with Crippen molar-refractivity contribution < 1.29 is 9.90 Å². The molecule has 9 nitrogen and oxygen atoms in total. The fourth-order valence-electron chi connectivity index (χ4n) is 4.06. The number of aliphatic imine (C=N–C) groups is 1. The SMILES string of the molecule is Cc1sc2c(c1C)C(c1ccc(-c3ccnc(C#N)n3)cc1)=N[C@@H](CC(=O)O)c1nnc(C)n1-2. The van der Waals surface area contributed by atoms with Crippen LogP contribution >= 0.6 is 11.3 Å². The second-order valence-electron chi connectivity index (χ2n) is 7.95. The second-order valence-corrected chi connectivity index (χ2v) is 9.15. The Kier molecular flexibility index (Phi) is 5.26. The van der Waals surface area contributed by atoms with E-state index in [4.69, 9.17) is 10.3 Å². The quantitative estimate of drug-likeness (QED) is 0.479. The number of hydrogen-bond acceptors (Lipinski definition) is 8. The molecule has 1 atom stereocenters. The van der Waals surface area contributed by atoms with Crippen molar-refractivity contribution in [2.45, 2.75) is 33.2 Å². The zero-order chi connectivity index (χ0) is 24.0. The molecule has 4 heterocycles. The molecule has 1 aliphatic rings. The van der Waals surface area contributed by atoms with E-state index >= 15 is 0 Å². The Hall–Kier alpha value is -4.23. The lowest BCUT2D eigenvalue weighted by Crippen LogP contribution is -2.10. The van der Waals surface area contributed by atoms with Crippen molar-refractivity contribution >= 4 is 23.0 Å². The lowest BCUT2D eigenvalue weighted by Gasteiger charge is -2.11. The number of carboxylic acid groups (broad SMARTS) is 1. The number of hydrogen-bond donors (Lipinski definition) is 1. The first kappa shape index (κ1) is 21.6. The van der Waals surface area contributed by atoms with Crippen LogP contribution in [0.25, 0.3) is 16.3 Å². The Labute approximate surface area is 199 Å². The number of benzene rings is 1. The van der Waals surface area contributed by atoms with Gasteiger partial charge in [-0.15, -0.1) is 21.5 Å². The topological polar surface area (TPSA) is 130 Å². The summed E-state index contributed by atoms with van der Waals surface area (Å²) in [6.45, 7) is 5.97. The zero-order valence-corrected chi connectivity index (χ0v) is 19.5. The van der Waals surface area contributed by atoms with E-state index < -0.39 is 12.0 Å². The summed E-state index contributed by atoms with van der Waals surface area (Å²) in [5.74, 6) is 0.375. The van der Waals surface area contributed by atoms with E-state index in [1.54, 1.807) is 23.6 Å². The highest BCUT2D eigenvalue weighted by molar-refractivity contribution is 7.15. The number of aromatic nitrogens is 5. The maximum absolute atomic E-state index is 11.7. The summed E-state index contributed by atoms with van der Waals surface area (Å²) in [5.41, 5.74) is 5.11. The summed E-state index contributed by atoms with van der Waals surface area (Å²) >= 11 is 1.62.